The normalized spacial score (nSPS) is 16.5. The summed E-state index contributed by atoms with van der Waals surface area (Å²) in [5.41, 5.74) is 1.27. The van der Waals surface area contributed by atoms with Crippen LogP contribution in [0.15, 0.2) is 59.1 Å². The Balaban J connectivity index is 0.00000562. The molecule has 6 nitrogen and oxygen atoms in total. The fourth-order valence-corrected chi connectivity index (χ4v) is 4.18. The SMILES string of the molecule is C=C(/C=C(\C=C(/C)OC)OC)OC1=C(N(CCCC)CCCC)C=C(C(=O)O)CCC1SC.CC. The molecule has 0 aromatic rings. The molecule has 1 rings (SSSR count). The third-order valence-corrected chi connectivity index (χ3v) is 6.46. The molecule has 0 aliphatic heterocycles. The zero-order chi connectivity index (χ0) is 26.8. The minimum atomic E-state index is -0.875. The van der Waals surface area contributed by atoms with Crippen LogP contribution in [0.3, 0.4) is 0 Å². The van der Waals surface area contributed by atoms with Crippen molar-refractivity contribution in [1.29, 1.82) is 0 Å². The van der Waals surface area contributed by atoms with Crippen LogP contribution in [0.1, 0.15) is 73.1 Å². The van der Waals surface area contributed by atoms with Gasteiger partial charge in [0.1, 0.15) is 17.3 Å². The van der Waals surface area contributed by atoms with Gasteiger partial charge in [-0.3, -0.25) is 0 Å². The number of thioether (sulfide) groups is 1. The van der Waals surface area contributed by atoms with Crippen LogP contribution >= 0.6 is 11.8 Å². The Kier molecular flexibility index (Phi) is 17.7. The van der Waals surface area contributed by atoms with E-state index in [0.29, 0.717) is 35.7 Å². The molecule has 0 heterocycles. The Hall–Kier alpha value is -2.28. The number of carboxylic acids is 1. The second kappa shape index (κ2) is 19.0. The number of allylic oxidation sites excluding steroid dienone is 4. The van der Waals surface area contributed by atoms with Crippen molar-refractivity contribution in [1.82, 2.24) is 4.90 Å². The van der Waals surface area contributed by atoms with Crippen molar-refractivity contribution in [3.8, 4) is 0 Å². The van der Waals surface area contributed by atoms with Gasteiger partial charge in [0, 0.05) is 30.8 Å². The number of rotatable bonds is 15. The number of ether oxygens (including phenoxy) is 3. The summed E-state index contributed by atoms with van der Waals surface area (Å²) < 4.78 is 17.0. The molecule has 1 atom stereocenters. The maximum Gasteiger partial charge on any atom is 0.331 e. The lowest BCUT2D eigenvalue weighted by atomic mass is 10.1. The largest absolute Gasteiger partial charge is 0.501 e. The maximum atomic E-state index is 11.9. The number of carboxylic acid groups (broad SMARTS) is 1. The summed E-state index contributed by atoms with van der Waals surface area (Å²) in [7, 11) is 3.18. The lowest BCUT2D eigenvalue weighted by molar-refractivity contribution is -0.132. The van der Waals surface area contributed by atoms with Crippen LogP contribution in [0.2, 0.25) is 0 Å². The highest BCUT2D eigenvalue weighted by Crippen LogP contribution is 2.34. The van der Waals surface area contributed by atoms with Crippen molar-refractivity contribution in [3.05, 3.63) is 59.1 Å². The summed E-state index contributed by atoms with van der Waals surface area (Å²) in [6, 6.07) is 0. The summed E-state index contributed by atoms with van der Waals surface area (Å²) in [6.07, 6.45) is 12.7. The van der Waals surface area contributed by atoms with Crippen molar-refractivity contribution >= 4 is 17.7 Å². The standard InChI is InChI=1S/C26H41NO5S.C2H6/c1-8-10-14-27(15-11-9-2)23-18-21(26(28)29)12-13-24(33-7)25(23)32-20(4)17-22(31-6)16-19(3)30-5;1-2/h16-18,24H,4,8-15H2,1-3,5-7H3,(H,28,29);1-2H3/b19-16+,22-17+;. The molecule has 200 valence electrons. The van der Waals surface area contributed by atoms with Gasteiger partial charge >= 0.3 is 5.97 Å². The Bertz CT molecular complexity index is 774. The van der Waals surface area contributed by atoms with Crippen LogP contribution in [0, 0.1) is 0 Å². The van der Waals surface area contributed by atoms with Gasteiger partial charge in [-0.05, 0) is 44.9 Å². The van der Waals surface area contributed by atoms with E-state index in [1.807, 2.05) is 33.1 Å². The van der Waals surface area contributed by atoms with Gasteiger partial charge < -0.3 is 24.2 Å². The van der Waals surface area contributed by atoms with Crippen LogP contribution in [0.5, 0.6) is 0 Å². The van der Waals surface area contributed by atoms with Crippen molar-refractivity contribution in [2.75, 3.05) is 33.6 Å². The van der Waals surface area contributed by atoms with Crippen molar-refractivity contribution in [2.45, 2.75) is 78.4 Å². The average Bonchev–Trinajstić information content (AvgIpc) is 3.04. The van der Waals surface area contributed by atoms with Crippen LogP contribution in [0.25, 0.3) is 0 Å². The van der Waals surface area contributed by atoms with E-state index in [0.717, 1.165) is 50.2 Å². The first kappa shape index (κ1) is 32.7. The molecule has 0 bridgehead atoms. The van der Waals surface area contributed by atoms with E-state index >= 15 is 0 Å². The molecule has 0 saturated carbocycles. The van der Waals surface area contributed by atoms with Gasteiger partial charge in [-0.1, -0.05) is 47.1 Å². The first-order valence-electron chi connectivity index (χ1n) is 12.6. The minimum absolute atomic E-state index is 0.0197. The summed E-state index contributed by atoms with van der Waals surface area (Å²) in [6.45, 7) is 16.0. The van der Waals surface area contributed by atoms with E-state index in [1.54, 1.807) is 38.1 Å². The molecule has 0 saturated heterocycles. The van der Waals surface area contributed by atoms with Crippen LogP contribution < -0.4 is 0 Å². The van der Waals surface area contributed by atoms with Crippen molar-refractivity contribution in [3.63, 3.8) is 0 Å². The average molecular weight is 510 g/mol. The Morgan fingerprint density at radius 1 is 1.17 bits per heavy atom. The molecule has 35 heavy (non-hydrogen) atoms. The first-order chi connectivity index (χ1) is 16.8. The van der Waals surface area contributed by atoms with Crippen molar-refractivity contribution < 1.29 is 24.1 Å². The van der Waals surface area contributed by atoms with E-state index in [1.165, 1.54) is 0 Å². The van der Waals surface area contributed by atoms with Gasteiger partial charge in [0.2, 0.25) is 0 Å². The summed E-state index contributed by atoms with van der Waals surface area (Å²) >= 11 is 1.67. The smallest absolute Gasteiger partial charge is 0.331 e. The lowest BCUT2D eigenvalue weighted by Crippen LogP contribution is -2.28. The molecule has 1 aliphatic carbocycles. The molecule has 0 fully saturated rings. The number of aliphatic carboxylic acids is 1. The van der Waals surface area contributed by atoms with Crippen LogP contribution in [-0.4, -0.2) is 54.8 Å². The summed E-state index contributed by atoms with van der Waals surface area (Å²) in [4.78, 5) is 14.2. The highest BCUT2D eigenvalue weighted by atomic mass is 32.2. The Morgan fingerprint density at radius 3 is 2.23 bits per heavy atom. The van der Waals surface area contributed by atoms with Gasteiger partial charge in [-0.25, -0.2) is 4.79 Å². The van der Waals surface area contributed by atoms with Crippen LogP contribution in [-0.2, 0) is 19.0 Å². The van der Waals surface area contributed by atoms with E-state index in [4.69, 9.17) is 14.2 Å². The van der Waals surface area contributed by atoms with Crippen LogP contribution in [0.4, 0.5) is 0 Å². The number of methoxy groups -OCH3 is 2. The van der Waals surface area contributed by atoms with E-state index < -0.39 is 5.97 Å². The molecule has 0 radical (unpaired) electrons. The third kappa shape index (κ3) is 11.8. The molecular formula is C28H47NO5S. The molecule has 0 amide bonds. The van der Waals surface area contributed by atoms with Gasteiger partial charge in [-0.15, -0.1) is 0 Å². The molecular weight excluding hydrogens is 462 g/mol. The fourth-order valence-electron chi connectivity index (χ4n) is 3.45. The highest BCUT2D eigenvalue weighted by Gasteiger charge is 2.28. The van der Waals surface area contributed by atoms with Gasteiger partial charge in [0.05, 0.1) is 30.9 Å². The zero-order valence-electron chi connectivity index (χ0n) is 23.1. The number of hydrogen-bond acceptors (Lipinski definition) is 6. The summed E-state index contributed by atoms with van der Waals surface area (Å²) in [5, 5.41) is 9.80. The van der Waals surface area contributed by atoms with Gasteiger partial charge in [0.25, 0.3) is 0 Å². The highest BCUT2D eigenvalue weighted by molar-refractivity contribution is 7.99. The Labute approximate surface area is 217 Å². The number of unbranched alkanes of at least 4 members (excludes halogenated alkanes) is 2. The van der Waals surface area contributed by atoms with E-state index in [-0.39, 0.29) is 5.25 Å². The van der Waals surface area contributed by atoms with Crippen molar-refractivity contribution in [2.24, 2.45) is 0 Å². The predicted molar refractivity (Wildman–Crippen MR) is 148 cm³/mol. The number of hydrogen-bond donors (Lipinski definition) is 1. The third-order valence-electron chi connectivity index (χ3n) is 5.44. The predicted octanol–water partition coefficient (Wildman–Crippen LogP) is 7.27. The number of nitrogens with zero attached hydrogens (tertiary/aromatic N) is 1. The topological polar surface area (TPSA) is 68.2 Å². The molecule has 0 aromatic carbocycles. The lowest BCUT2D eigenvalue weighted by Gasteiger charge is -2.30. The van der Waals surface area contributed by atoms with E-state index in [2.05, 4.69) is 25.3 Å². The van der Waals surface area contributed by atoms with Gasteiger partial charge in [0.15, 0.2) is 0 Å². The second-order valence-electron chi connectivity index (χ2n) is 7.96. The molecule has 1 aliphatic rings. The first-order valence-corrected chi connectivity index (χ1v) is 13.9. The maximum absolute atomic E-state index is 11.9. The Morgan fingerprint density at radius 2 is 1.77 bits per heavy atom. The number of carbonyl (C=O) groups is 1. The molecule has 1 unspecified atom stereocenters. The second-order valence-corrected chi connectivity index (χ2v) is 9.00. The minimum Gasteiger partial charge on any atom is -0.501 e. The molecule has 0 spiro atoms. The van der Waals surface area contributed by atoms with E-state index in [9.17, 15) is 9.90 Å². The van der Waals surface area contributed by atoms with Gasteiger partial charge in [-0.2, -0.15) is 11.8 Å². The fraction of sp³-hybridized carbons (Fsp3) is 0.607. The molecule has 7 heteroatoms. The monoisotopic (exact) mass is 509 g/mol. The zero-order valence-corrected chi connectivity index (χ0v) is 23.9. The quantitative estimate of drug-likeness (QED) is 0.184. The summed E-state index contributed by atoms with van der Waals surface area (Å²) in [5.74, 6) is 1.57. The molecule has 1 N–H and O–H groups in total. The molecule has 0 aromatic heterocycles.